The minimum atomic E-state index is -0.948. The standard InChI is InChI=1S/C33H31NO2/c1-23-5-18-31(25(3)21-23)34(32-19-6-24(2)22-26(32)4)30-16-13-29(14-17-30)12-9-27-7-10-28(11-8-27)15-20-33(35)36/h5-22H,1-4H3,(H,35,36). The first-order valence-electron chi connectivity index (χ1n) is 12.0. The molecule has 36 heavy (non-hydrogen) atoms. The second-order valence-corrected chi connectivity index (χ2v) is 9.18. The molecule has 4 aromatic carbocycles. The molecule has 0 aliphatic heterocycles. The van der Waals surface area contributed by atoms with E-state index >= 15 is 0 Å². The quantitative estimate of drug-likeness (QED) is 0.216. The summed E-state index contributed by atoms with van der Waals surface area (Å²) < 4.78 is 0. The van der Waals surface area contributed by atoms with Gasteiger partial charge in [-0.05, 0) is 85.9 Å². The number of hydrogen-bond donors (Lipinski definition) is 1. The molecule has 0 saturated carbocycles. The Bertz CT molecular complexity index is 1380. The fraction of sp³-hybridized carbons (Fsp3) is 0.121. The molecule has 0 fully saturated rings. The molecule has 0 atom stereocenters. The van der Waals surface area contributed by atoms with E-state index in [2.05, 4.69) is 105 Å². The Kier molecular flexibility index (Phi) is 7.50. The average Bonchev–Trinajstić information content (AvgIpc) is 2.85. The molecule has 0 radical (unpaired) electrons. The Morgan fingerprint density at radius 3 is 1.44 bits per heavy atom. The van der Waals surface area contributed by atoms with E-state index in [0.29, 0.717) is 0 Å². The van der Waals surface area contributed by atoms with Crippen molar-refractivity contribution < 1.29 is 9.90 Å². The fourth-order valence-corrected chi connectivity index (χ4v) is 4.33. The Balaban J connectivity index is 1.62. The van der Waals surface area contributed by atoms with Gasteiger partial charge in [-0.3, -0.25) is 0 Å². The second-order valence-electron chi connectivity index (χ2n) is 9.18. The Morgan fingerprint density at radius 1 is 0.611 bits per heavy atom. The van der Waals surface area contributed by atoms with Crippen molar-refractivity contribution in [3.63, 3.8) is 0 Å². The summed E-state index contributed by atoms with van der Waals surface area (Å²) in [5.41, 5.74) is 11.5. The van der Waals surface area contributed by atoms with Crippen molar-refractivity contribution in [1.29, 1.82) is 0 Å². The Labute approximate surface area is 213 Å². The van der Waals surface area contributed by atoms with Crippen molar-refractivity contribution in [1.82, 2.24) is 0 Å². The SMILES string of the molecule is Cc1ccc(N(c2ccc(C=Cc3ccc(C=CC(=O)O)cc3)cc2)c2ccc(C)cc2C)c(C)c1. The zero-order chi connectivity index (χ0) is 25.7. The van der Waals surface area contributed by atoms with Crippen molar-refractivity contribution in [3.05, 3.63) is 130 Å². The zero-order valence-electron chi connectivity index (χ0n) is 21.2. The van der Waals surface area contributed by atoms with Gasteiger partial charge in [0, 0.05) is 23.1 Å². The Morgan fingerprint density at radius 2 is 1.03 bits per heavy atom. The Hall–Kier alpha value is -4.37. The lowest BCUT2D eigenvalue weighted by Gasteiger charge is -2.29. The van der Waals surface area contributed by atoms with Gasteiger partial charge in [0.15, 0.2) is 0 Å². The highest BCUT2D eigenvalue weighted by atomic mass is 16.4. The lowest BCUT2D eigenvalue weighted by Crippen LogP contribution is -2.12. The van der Waals surface area contributed by atoms with Crippen molar-refractivity contribution >= 4 is 41.3 Å². The monoisotopic (exact) mass is 473 g/mol. The minimum absolute atomic E-state index is 0.858. The number of carbonyl (C=O) groups is 1. The van der Waals surface area contributed by atoms with Crippen molar-refractivity contribution in [2.24, 2.45) is 0 Å². The van der Waals surface area contributed by atoms with E-state index in [0.717, 1.165) is 28.5 Å². The molecule has 0 bridgehead atoms. The van der Waals surface area contributed by atoms with Crippen LogP contribution in [0.3, 0.4) is 0 Å². The molecule has 0 unspecified atom stereocenters. The molecule has 0 amide bonds. The van der Waals surface area contributed by atoms with Gasteiger partial charge in [0.25, 0.3) is 0 Å². The van der Waals surface area contributed by atoms with Crippen LogP contribution >= 0.6 is 0 Å². The summed E-state index contributed by atoms with van der Waals surface area (Å²) >= 11 is 0. The maximum absolute atomic E-state index is 10.7. The highest BCUT2D eigenvalue weighted by molar-refractivity contribution is 5.85. The van der Waals surface area contributed by atoms with E-state index in [1.54, 1.807) is 6.08 Å². The van der Waals surface area contributed by atoms with Crippen LogP contribution in [0.15, 0.2) is 91.0 Å². The molecule has 0 aromatic heterocycles. The van der Waals surface area contributed by atoms with E-state index in [1.807, 2.05) is 24.3 Å². The van der Waals surface area contributed by atoms with Gasteiger partial charge in [0.1, 0.15) is 0 Å². The third-order valence-corrected chi connectivity index (χ3v) is 6.16. The van der Waals surface area contributed by atoms with Crippen LogP contribution in [0.4, 0.5) is 17.1 Å². The average molecular weight is 474 g/mol. The van der Waals surface area contributed by atoms with Gasteiger partial charge >= 0.3 is 5.97 Å². The predicted molar refractivity (Wildman–Crippen MR) is 152 cm³/mol. The molecule has 180 valence electrons. The highest BCUT2D eigenvalue weighted by Crippen LogP contribution is 2.38. The fourth-order valence-electron chi connectivity index (χ4n) is 4.33. The number of anilines is 3. The van der Waals surface area contributed by atoms with Crippen molar-refractivity contribution in [3.8, 4) is 0 Å². The summed E-state index contributed by atoms with van der Waals surface area (Å²) in [6.07, 6.45) is 6.88. The van der Waals surface area contributed by atoms with Crippen LogP contribution < -0.4 is 4.90 Å². The number of aliphatic carboxylic acids is 1. The lowest BCUT2D eigenvalue weighted by atomic mass is 10.0. The zero-order valence-corrected chi connectivity index (χ0v) is 21.2. The number of aryl methyl sites for hydroxylation is 4. The van der Waals surface area contributed by atoms with Crippen LogP contribution in [0.25, 0.3) is 18.2 Å². The molecule has 0 aliphatic rings. The molecule has 0 heterocycles. The molecule has 1 N–H and O–H groups in total. The van der Waals surface area contributed by atoms with Crippen LogP contribution in [-0.2, 0) is 4.79 Å². The van der Waals surface area contributed by atoms with E-state index in [4.69, 9.17) is 5.11 Å². The molecule has 3 nitrogen and oxygen atoms in total. The lowest BCUT2D eigenvalue weighted by molar-refractivity contribution is -0.131. The number of rotatable bonds is 7. The first-order chi connectivity index (χ1) is 17.3. The third kappa shape index (κ3) is 6.00. The summed E-state index contributed by atoms with van der Waals surface area (Å²) in [5, 5.41) is 8.77. The van der Waals surface area contributed by atoms with Gasteiger partial charge in [-0.15, -0.1) is 0 Å². The summed E-state index contributed by atoms with van der Waals surface area (Å²) in [5.74, 6) is -0.948. The highest BCUT2D eigenvalue weighted by Gasteiger charge is 2.16. The number of nitrogens with zero attached hydrogens (tertiary/aromatic N) is 1. The van der Waals surface area contributed by atoms with Crippen molar-refractivity contribution in [2.75, 3.05) is 4.90 Å². The van der Waals surface area contributed by atoms with E-state index in [-0.39, 0.29) is 0 Å². The topological polar surface area (TPSA) is 40.5 Å². The normalized spacial score (nSPS) is 11.3. The molecular formula is C33H31NO2. The molecule has 4 rings (SSSR count). The number of carboxylic acids is 1. The summed E-state index contributed by atoms with van der Waals surface area (Å²) in [7, 11) is 0. The second kappa shape index (κ2) is 10.9. The number of benzene rings is 4. The van der Waals surface area contributed by atoms with Crippen molar-refractivity contribution in [2.45, 2.75) is 27.7 Å². The van der Waals surface area contributed by atoms with Gasteiger partial charge in [0.2, 0.25) is 0 Å². The molecule has 3 heteroatoms. The largest absolute Gasteiger partial charge is 0.478 e. The molecular weight excluding hydrogens is 442 g/mol. The molecule has 0 saturated heterocycles. The third-order valence-electron chi connectivity index (χ3n) is 6.16. The predicted octanol–water partition coefficient (Wildman–Crippen LogP) is 8.66. The van der Waals surface area contributed by atoms with Crippen LogP contribution in [0.2, 0.25) is 0 Å². The summed E-state index contributed by atoms with van der Waals surface area (Å²) in [4.78, 5) is 13.0. The molecule has 0 spiro atoms. The van der Waals surface area contributed by atoms with E-state index in [1.165, 1.54) is 33.6 Å². The molecule has 0 aliphatic carbocycles. The minimum Gasteiger partial charge on any atom is -0.478 e. The van der Waals surface area contributed by atoms with Gasteiger partial charge in [-0.1, -0.05) is 83.9 Å². The van der Waals surface area contributed by atoms with Crippen LogP contribution in [0.5, 0.6) is 0 Å². The van der Waals surface area contributed by atoms with Gasteiger partial charge in [-0.25, -0.2) is 4.79 Å². The number of hydrogen-bond acceptors (Lipinski definition) is 2. The van der Waals surface area contributed by atoms with E-state index < -0.39 is 5.97 Å². The summed E-state index contributed by atoms with van der Waals surface area (Å²) in [6, 6.07) is 29.6. The first-order valence-corrected chi connectivity index (χ1v) is 12.0. The molecule has 4 aromatic rings. The number of carboxylic acid groups (broad SMARTS) is 1. The van der Waals surface area contributed by atoms with Crippen LogP contribution in [0, 0.1) is 27.7 Å². The van der Waals surface area contributed by atoms with E-state index in [9.17, 15) is 4.79 Å². The maximum Gasteiger partial charge on any atom is 0.328 e. The first kappa shape index (κ1) is 24.7. The van der Waals surface area contributed by atoms with Gasteiger partial charge in [-0.2, -0.15) is 0 Å². The summed E-state index contributed by atoms with van der Waals surface area (Å²) in [6.45, 7) is 8.58. The van der Waals surface area contributed by atoms with Crippen LogP contribution in [0.1, 0.15) is 38.9 Å². The van der Waals surface area contributed by atoms with Gasteiger partial charge < -0.3 is 10.0 Å². The van der Waals surface area contributed by atoms with Gasteiger partial charge in [0.05, 0.1) is 0 Å². The van der Waals surface area contributed by atoms with Crippen LogP contribution in [-0.4, -0.2) is 11.1 Å². The smallest absolute Gasteiger partial charge is 0.328 e. The maximum atomic E-state index is 10.7.